The first-order valence-electron chi connectivity index (χ1n) is 11.0. The fourth-order valence-corrected chi connectivity index (χ4v) is 3.83. The zero-order valence-electron chi connectivity index (χ0n) is 18.9. The van der Waals surface area contributed by atoms with Crippen LogP contribution in [0.4, 0.5) is 0 Å². The third-order valence-corrected chi connectivity index (χ3v) is 5.70. The molecular formula is C25H34N4O2. The van der Waals surface area contributed by atoms with Crippen molar-refractivity contribution in [3.8, 4) is 5.75 Å². The number of ether oxygens (including phenoxy) is 1. The number of likely N-dealkylation sites (N-methyl/N-ethyl adjacent to an activating group) is 1. The van der Waals surface area contributed by atoms with Crippen molar-refractivity contribution in [3.05, 3.63) is 65.7 Å². The van der Waals surface area contributed by atoms with Crippen LogP contribution in [-0.2, 0) is 17.8 Å². The molecule has 1 fully saturated rings. The molecule has 166 valence electrons. The lowest BCUT2D eigenvalue weighted by molar-refractivity contribution is -0.130. The summed E-state index contributed by atoms with van der Waals surface area (Å²) in [5.41, 5.74) is 2.52. The molecule has 0 unspecified atom stereocenters. The highest BCUT2D eigenvalue weighted by Crippen LogP contribution is 2.22. The van der Waals surface area contributed by atoms with Crippen molar-refractivity contribution in [1.29, 1.82) is 0 Å². The highest BCUT2D eigenvalue weighted by Gasteiger charge is 2.21. The molecule has 1 aliphatic heterocycles. The second-order valence-electron chi connectivity index (χ2n) is 8.25. The lowest BCUT2D eigenvalue weighted by Crippen LogP contribution is -2.45. The molecule has 1 heterocycles. The summed E-state index contributed by atoms with van der Waals surface area (Å²) in [7, 11) is 5.29. The Bertz CT molecular complexity index is 859. The van der Waals surface area contributed by atoms with E-state index in [1.54, 1.807) is 14.1 Å². The number of likely N-dealkylation sites (tertiary alicyclic amines) is 1. The van der Waals surface area contributed by atoms with Gasteiger partial charge in [0.25, 0.3) is 5.91 Å². The quantitative estimate of drug-likeness (QED) is 0.550. The predicted octanol–water partition coefficient (Wildman–Crippen LogP) is 3.18. The number of guanidine groups is 1. The smallest absolute Gasteiger partial charge is 0.259 e. The second-order valence-corrected chi connectivity index (χ2v) is 8.25. The molecule has 2 aromatic carbocycles. The predicted molar refractivity (Wildman–Crippen MR) is 125 cm³/mol. The topological polar surface area (TPSA) is 57.2 Å². The summed E-state index contributed by atoms with van der Waals surface area (Å²) >= 11 is 0. The van der Waals surface area contributed by atoms with Crippen molar-refractivity contribution in [3.63, 3.8) is 0 Å². The average Bonchev–Trinajstić information content (AvgIpc) is 2.80. The Balaban J connectivity index is 1.46. The molecule has 0 saturated carbocycles. The standard InChI is InChI=1S/C25H34N4O2/c1-26-25(29-14-12-21(13-15-29)16-20-8-5-4-6-9-20)27-18-22-10-7-11-23(17-22)31-19-24(30)28(2)3/h4-11,17,21H,12-16,18-19H2,1-3H3,(H,26,27). The van der Waals surface area contributed by atoms with E-state index in [0.717, 1.165) is 37.0 Å². The van der Waals surface area contributed by atoms with Gasteiger partial charge in [0.15, 0.2) is 12.6 Å². The summed E-state index contributed by atoms with van der Waals surface area (Å²) in [5, 5.41) is 3.48. The van der Waals surface area contributed by atoms with Crippen LogP contribution in [0.15, 0.2) is 59.6 Å². The maximum absolute atomic E-state index is 11.7. The monoisotopic (exact) mass is 422 g/mol. The van der Waals surface area contributed by atoms with Gasteiger partial charge in [0.1, 0.15) is 5.75 Å². The molecule has 6 heteroatoms. The Morgan fingerprint density at radius 2 is 1.81 bits per heavy atom. The van der Waals surface area contributed by atoms with E-state index in [4.69, 9.17) is 4.74 Å². The Kier molecular flexibility index (Phi) is 8.33. The van der Waals surface area contributed by atoms with Gasteiger partial charge in [0, 0.05) is 40.8 Å². The maximum Gasteiger partial charge on any atom is 0.259 e. The Morgan fingerprint density at radius 1 is 1.10 bits per heavy atom. The van der Waals surface area contributed by atoms with Gasteiger partial charge in [-0.3, -0.25) is 9.79 Å². The number of benzene rings is 2. The number of nitrogens with one attached hydrogen (secondary N) is 1. The van der Waals surface area contributed by atoms with Crippen molar-refractivity contribution < 1.29 is 9.53 Å². The van der Waals surface area contributed by atoms with Crippen LogP contribution in [0, 0.1) is 5.92 Å². The van der Waals surface area contributed by atoms with Gasteiger partial charge in [-0.15, -0.1) is 0 Å². The second kappa shape index (κ2) is 11.4. The van der Waals surface area contributed by atoms with E-state index in [-0.39, 0.29) is 12.5 Å². The summed E-state index contributed by atoms with van der Waals surface area (Å²) in [6.45, 7) is 2.75. The fraction of sp³-hybridized carbons (Fsp3) is 0.440. The van der Waals surface area contributed by atoms with Crippen LogP contribution in [0.2, 0.25) is 0 Å². The average molecular weight is 423 g/mol. The summed E-state index contributed by atoms with van der Waals surface area (Å²) in [5.74, 6) is 2.31. The fourth-order valence-electron chi connectivity index (χ4n) is 3.83. The van der Waals surface area contributed by atoms with E-state index in [1.165, 1.54) is 23.3 Å². The molecule has 2 aromatic rings. The van der Waals surface area contributed by atoms with E-state index >= 15 is 0 Å². The number of hydrogen-bond acceptors (Lipinski definition) is 3. The van der Waals surface area contributed by atoms with E-state index < -0.39 is 0 Å². The molecule has 3 rings (SSSR count). The van der Waals surface area contributed by atoms with Gasteiger partial charge in [0.05, 0.1) is 0 Å². The van der Waals surface area contributed by atoms with Crippen LogP contribution in [0.3, 0.4) is 0 Å². The van der Waals surface area contributed by atoms with Gasteiger partial charge in [-0.05, 0) is 48.4 Å². The third-order valence-electron chi connectivity index (χ3n) is 5.70. The van der Waals surface area contributed by atoms with Gasteiger partial charge >= 0.3 is 0 Å². The van der Waals surface area contributed by atoms with Crippen LogP contribution >= 0.6 is 0 Å². The molecule has 1 aliphatic rings. The van der Waals surface area contributed by atoms with Gasteiger partial charge in [0.2, 0.25) is 0 Å². The Labute approximate surface area is 185 Å². The SMILES string of the molecule is CN=C(NCc1cccc(OCC(=O)N(C)C)c1)N1CCC(Cc2ccccc2)CC1. The van der Waals surface area contributed by atoms with Crippen LogP contribution < -0.4 is 10.1 Å². The first-order valence-corrected chi connectivity index (χ1v) is 11.0. The molecule has 1 N–H and O–H groups in total. The minimum Gasteiger partial charge on any atom is -0.484 e. The van der Waals surface area contributed by atoms with Crippen molar-refractivity contribution >= 4 is 11.9 Å². The molecule has 0 radical (unpaired) electrons. The molecule has 31 heavy (non-hydrogen) atoms. The van der Waals surface area contributed by atoms with Crippen LogP contribution in [0.25, 0.3) is 0 Å². The molecule has 0 spiro atoms. The minimum atomic E-state index is -0.0559. The lowest BCUT2D eigenvalue weighted by atomic mass is 9.90. The van der Waals surface area contributed by atoms with Gasteiger partial charge < -0.3 is 19.9 Å². The minimum absolute atomic E-state index is 0.0451. The zero-order chi connectivity index (χ0) is 22.1. The molecule has 6 nitrogen and oxygen atoms in total. The van der Waals surface area contributed by atoms with Crippen LogP contribution in [0.1, 0.15) is 24.0 Å². The number of piperidine rings is 1. The van der Waals surface area contributed by atoms with Gasteiger partial charge in [-0.1, -0.05) is 42.5 Å². The summed E-state index contributed by atoms with van der Waals surface area (Å²) in [6, 6.07) is 18.6. The van der Waals surface area contributed by atoms with Crippen molar-refractivity contribution in [2.75, 3.05) is 40.8 Å². The molecule has 1 saturated heterocycles. The largest absolute Gasteiger partial charge is 0.484 e. The number of aliphatic imine (C=N–C) groups is 1. The van der Waals surface area contributed by atoms with Crippen molar-refractivity contribution in [2.45, 2.75) is 25.8 Å². The lowest BCUT2D eigenvalue weighted by Gasteiger charge is -2.34. The Morgan fingerprint density at radius 3 is 2.48 bits per heavy atom. The van der Waals surface area contributed by atoms with Gasteiger partial charge in [-0.25, -0.2) is 0 Å². The highest BCUT2D eigenvalue weighted by molar-refractivity contribution is 5.80. The van der Waals surface area contributed by atoms with Crippen molar-refractivity contribution in [2.24, 2.45) is 10.9 Å². The molecule has 0 aromatic heterocycles. The summed E-state index contributed by atoms with van der Waals surface area (Å²) in [6.07, 6.45) is 3.52. The molecular weight excluding hydrogens is 388 g/mol. The normalized spacial score (nSPS) is 14.9. The van der Waals surface area contributed by atoms with Crippen LogP contribution in [-0.4, -0.2) is 62.5 Å². The highest BCUT2D eigenvalue weighted by atomic mass is 16.5. The number of carbonyl (C=O) groups is 1. The Hall–Kier alpha value is -3.02. The number of hydrogen-bond donors (Lipinski definition) is 1. The zero-order valence-corrected chi connectivity index (χ0v) is 18.9. The third kappa shape index (κ3) is 7.02. The number of carbonyl (C=O) groups excluding carboxylic acids is 1. The van der Waals surface area contributed by atoms with Crippen molar-refractivity contribution in [1.82, 2.24) is 15.1 Å². The first-order chi connectivity index (χ1) is 15.0. The van der Waals surface area contributed by atoms with E-state index in [9.17, 15) is 4.79 Å². The van der Waals surface area contributed by atoms with E-state index in [1.807, 2.05) is 31.3 Å². The maximum atomic E-state index is 11.7. The van der Waals surface area contributed by atoms with Gasteiger partial charge in [-0.2, -0.15) is 0 Å². The number of amides is 1. The van der Waals surface area contributed by atoms with Crippen LogP contribution in [0.5, 0.6) is 5.75 Å². The summed E-state index contributed by atoms with van der Waals surface area (Å²) < 4.78 is 5.62. The molecule has 1 amide bonds. The first kappa shape index (κ1) is 22.7. The van der Waals surface area contributed by atoms with E-state index in [0.29, 0.717) is 12.3 Å². The number of nitrogens with zero attached hydrogens (tertiary/aromatic N) is 3. The molecule has 0 atom stereocenters. The van der Waals surface area contributed by atoms with E-state index in [2.05, 4.69) is 45.5 Å². The summed E-state index contributed by atoms with van der Waals surface area (Å²) in [4.78, 5) is 20.1. The molecule has 0 bridgehead atoms. The molecule has 0 aliphatic carbocycles. The number of rotatable bonds is 7.